The van der Waals surface area contributed by atoms with Gasteiger partial charge in [-0.2, -0.15) is 0 Å². The number of aliphatic hydroxyl groups excluding tert-OH is 1. The Balaban J connectivity index is 3.91. The Labute approximate surface area is 74.3 Å². The number of rotatable bonds is 5. The van der Waals surface area contributed by atoms with Crippen molar-refractivity contribution in [2.75, 3.05) is 0 Å². The molecule has 2 atom stereocenters. The highest BCUT2D eigenvalue weighted by Crippen LogP contribution is 2.16. The van der Waals surface area contributed by atoms with E-state index < -0.39 is 6.10 Å². The minimum atomic E-state index is -0.572. The van der Waals surface area contributed by atoms with Crippen molar-refractivity contribution in [3.05, 3.63) is 12.2 Å². The molecule has 0 bridgehead atoms. The van der Waals surface area contributed by atoms with Gasteiger partial charge in [-0.25, -0.2) is 0 Å². The molecule has 0 aliphatic rings. The van der Waals surface area contributed by atoms with Gasteiger partial charge in [0.25, 0.3) is 0 Å². The maximum Gasteiger partial charge on any atom is 0.125 e. The molecule has 0 saturated heterocycles. The molecule has 0 rings (SSSR count). The van der Waals surface area contributed by atoms with E-state index in [1.807, 2.05) is 13.8 Å². The van der Waals surface area contributed by atoms with Crippen molar-refractivity contribution in [2.45, 2.75) is 33.3 Å². The third-order valence-corrected chi connectivity index (χ3v) is 2.11. The van der Waals surface area contributed by atoms with Crippen LogP contribution in [0.4, 0.5) is 0 Å². The van der Waals surface area contributed by atoms with Gasteiger partial charge in [-0.1, -0.05) is 32.9 Å². The Morgan fingerprint density at radius 3 is 2.33 bits per heavy atom. The average Bonchev–Trinajstić information content (AvgIpc) is 2.02. The standard InChI is InChI=1S/C10H18O2/c1-7(2)8(3)5-10(12)9(4)6-11/h6-7,9-10,12H,3,5H2,1-2,4H3. The number of carbonyl (C=O) groups excluding carboxylic acids is 1. The quantitative estimate of drug-likeness (QED) is 0.504. The molecule has 0 aromatic heterocycles. The molecule has 0 fully saturated rings. The van der Waals surface area contributed by atoms with Gasteiger partial charge in [0.1, 0.15) is 6.29 Å². The third-order valence-electron chi connectivity index (χ3n) is 2.11. The highest BCUT2D eigenvalue weighted by atomic mass is 16.3. The van der Waals surface area contributed by atoms with Crippen LogP contribution in [0.25, 0.3) is 0 Å². The van der Waals surface area contributed by atoms with Gasteiger partial charge in [-0.15, -0.1) is 0 Å². The summed E-state index contributed by atoms with van der Waals surface area (Å²) in [6, 6.07) is 0. The zero-order valence-electron chi connectivity index (χ0n) is 8.08. The molecule has 70 valence electrons. The summed E-state index contributed by atoms with van der Waals surface area (Å²) in [6.45, 7) is 9.61. The molecular formula is C10H18O2. The summed E-state index contributed by atoms with van der Waals surface area (Å²) in [6.07, 6.45) is 0.730. The summed E-state index contributed by atoms with van der Waals surface area (Å²) in [7, 11) is 0. The second-order valence-corrected chi connectivity index (χ2v) is 3.58. The van der Waals surface area contributed by atoms with Crippen LogP contribution >= 0.6 is 0 Å². The molecule has 0 amide bonds. The summed E-state index contributed by atoms with van der Waals surface area (Å²) < 4.78 is 0. The van der Waals surface area contributed by atoms with Crippen LogP contribution in [0.3, 0.4) is 0 Å². The molecule has 2 heteroatoms. The predicted molar refractivity (Wildman–Crippen MR) is 49.8 cm³/mol. The Morgan fingerprint density at radius 2 is 2.00 bits per heavy atom. The largest absolute Gasteiger partial charge is 0.392 e. The molecular weight excluding hydrogens is 152 g/mol. The number of aldehydes is 1. The smallest absolute Gasteiger partial charge is 0.125 e. The molecule has 2 unspecified atom stereocenters. The summed E-state index contributed by atoms with van der Waals surface area (Å²) in [5, 5.41) is 9.44. The number of carbonyl (C=O) groups is 1. The molecule has 0 spiro atoms. The van der Waals surface area contributed by atoms with E-state index in [2.05, 4.69) is 6.58 Å². The molecule has 12 heavy (non-hydrogen) atoms. The van der Waals surface area contributed by atoms with Gasteiger partial charge >= 0.3 is 0 Å². The summed E-state index contributed by atoms with van der Waals surface area (Å²) in [5.74, 6) is 0.0824. The van der Waals surface area contributed by atoms with Crippen molar-refractivity contribution >= 4 is 6.29 Å². The third kappa shape index (κ3) is 3.67. The van der Waals surface area contributed by atoms with E-state index >= 15 is 0 Å². The summed E-state index contributed by atoms with van der Waals surface area (Å²) in [5.41, 5.74) is 0.996. The molecule has 0 aliphatic carbocycles. The van der Waals surface area contributed by atoms with Crippen LogP contribution in [-0.4, -0.2) is 17.5 Å². The zero-order valence-corrected chi connectivity index (χ0v) is 8.08. The van der Waals surface area contributed by atoms with Gasteiger partial charge in [0.05, 0.1) is 6.10 Å². The van der Waals surface area contributed by atoms with Crippen molar-refractivity contribution in [1.82, 2.24) is 0 Å². The SMILES string of the molecule is C=C(CC(O)C(C)C=O)C(C)C. The minimum Gasteiger partial charge on any atom is -0.392 e. The fraction of sp³-hybridized carbons (Fsp3) is 0.700. The second kappa shape index (κ2) is 5.09. The number of hydrogen-bond acceptors (Lipinski definition) is 2. The molecule has 0 saturated carbocycles. The zero-order chi connectivity index (χ0) is 9.72. The summed E-state index contributed by atoms with van der Waals surface area (Å²) in [4.78, 5) is 10.3. The Bertz CT molecular complexity index is 161. The van der Waals surface area contributed by atoms with Crippen LogP contribution in [0, 0.1) is 11.8 Å². The van der Waals surface area contributed by atoms with Crippen LogP contribution in [0.15, 0.2) is 12.2 Å². The van der Waals surface area contributed by atoms with E-state index in [-0.39, 0.29) is 5.92 Å². The first kappa shape index (κ1) is 11.4. The monoisotopic (exact) mass is 170 g/mol. The lowest BCUT2D eigenvalue weighted by Crippen LogP contribution is -2.20. The molecule has 0 aliphatic heterocycles. The van der Waals surface area contributed by atoms with Gasteiger partial charge in [0.15, 0.2) is 0 Å². The van der Waals surface area contributed by atoms with Crippen molar-refractivity contribution in [1.29, 1.82) is 0 Å². The first-order chi connectivity index (χ1) is 5.49. The molecule has 0 aromatic rings. The van der Waals surface area contributed by atoms with Crippen LogP contribution in [0.2, 0.25) is 0 Å². The van der Waals surface area contributed by atoms with E-state index in [4.69, 9.17) is 0 Å². The van der Waals surface area contributed by atoms with Crippen molar-refractivity contribution < 1.29 is 9.90 Å². The van der Waals surface area contributed by atoms with E-state index in [1.54, 1.807) is 6.92 Å². The first-order valence-corrected chi connectivity index (χ1v) is 4.30. The maximum absolute atomic E-state index is 10.3. The molecule has 0 aromatic carbocycles. The number of hydrogen-bond donors (Lipinski definition) is 1. The lowest BCUT2D eigenvalue weighted by molar-refractivity contribution is -0.113. The van der Waals surface area contributed by atoms with Crippen LogP contribution < -0.4 is 0 Å². The average molecular weight is 170 g/mol. The topological polar surface area (TPSA) is 37.3 Å². The fourth-order valence-electron chi connectivity index (χ4n) is 0.781. The Kier molecular flexibility index (Phi) is 4.83. The van der Waals surface area contributed by atoms with Crippen LogP contribution in [0.1, 0.15) is 27.2 Å². The molecule has 0 heterocycles. The summed E-state index contributed by atoms with van der Waals surface area (Å²) >= 11 is 0. The maximum atomic E-state index is 10.3. The molecule has 1 N–H and O–H groups in total. The van der Waals surface area contributed by atoms with Gasteiger partial charge in [-0.3, -0.25) is 0 Å². The Hall–Kier alpha value is -0.630. The first-order valence-electron chi connectivity index (χ1n) is 4.30. The van der Waals surface area contributed by atoms with Crippen molar-refractivity contribution in [2.24, 2.45) is 11.8 Å². The highest BCUT2D eigenvalue weighted by molar-refractivity contribution is 5.53. The van der Waals surface area contributed by atoms with E-state index in [0.717, 1.165) is 11.9 Å². The van der Waals surface area contributed by atoms with Crippen molar-refractivity contribution in [3.63, 3.8) is 0 Å². The molecule has 0 radical (unpaired) electrons. The second-order valence-electron chi connectivity index (χ2n) is 3.58. The number of aliphatic hydroxyl groups is 1. The van der Waals surface area contributed by atoms with Crippen LogP contribution in [0.5, 0.6) is 0 Å². The normalized spacial score (nSPS) is 15.8. The van der Waals surface area contributed by atoms with Gasteiger partial charge < -0.3 is 9.90 Å². The van der Waals surface area contributed by atoms with Crippen LogP contribution in [-0.2, 0) is 4.79 Å². The van der Waals surface area contributed by atoms with E-state index in [9.17, 15) is 9.90 Å². The minimum absolute atomic E-state index is 0.291. The predicted octanol–water partition coefficient (Wildman–Crippen LogP) is 1.78. The van der Waals surface area contributed by atoms with Gasteiger partial charge in [0, 0.05) is 5.92 Å². The van der Waals surface area contributed by atoms with Crippen molar-refractivity contribution in [3.8, 4) is 0 Å². The fourth-order valence-corrected chi connectivity index (χ4v) is 0.781. The van der Waals surface area contributed by atoms with E-state index in [1.165, 1.54) is 0 Å². The molecule has 2 nitrogen and oxygen atoms in total. The van der Waals surface area contributed by atoms with Gasteiger partial charge in [-0.05, 0) is 12.3 Å². The lowest BCUT2D eigenvalue weighted by Gasteiger charge is -2.16. The highest BCUT2D eigenvalue weighted by Gasteiger charge is 2.15. The van der Waals surface area contributed by atoms with E-state index in [0.29, 0.717) is 12.3 Å². The van der Waals surface area contributed by atoms with Gasteiger partial charge in [0.2, 0.25) is 0 Å². The lowest BCUT2D eigenvalue weighted by atomic mass is 9.94. The Morgan fingerprint density at radius 1 is 1.50 bits per heavy atom.